The van der Waals surface area contributed by atoms with Crippen LogP contribution in [-0.2, 0) is 16.4 Å². The molecule has 3 aromatic carbocycles. The van der Waals surface area contributed by atoms with E-state index in [4.69, 9.17) is 4.74 Å². The van der Waals surface area contributed by atoms with E-state index in [9.17, 15) is 23.4 Å². The minimum Gasteiger partial charge on any atom is -0.508 e. The molecule has 1 aliphatic rings. The fourth-order valence-electron chi connectivity index (χ4n) is 4.98. The highest BCUT2D eigenvalue weighted by atomic mass is 32.2. The molecule has 0 saturated heterocycles. The second-order valence-electron chi connectivity index (χ2n) is 11.3. The largest absolute Gasteiger partial charge is 0.508 e. The average Bonchev–Trinajstić information content (AvgIpc) is 2.96. The van der Waals surface area contributed by atoms with Crippen molar-refractivity contribution in [3.63, 3.8) is 0 Å². The van der Waals surface area contributed by atoms with Crippen molar-refractivity contribution in [2.75, 3.05) is 23.1 Å². The van der Waals surface area contributed by atoms with Gasteiger partial charge in [0.05, 0.1) is 10.9 Å². The fourth-order valence-corrected chi connectivity index (χ4v) is 6.04. The summed E-state index contributed by atoms with van der Waals surface area (Å²) in [5, 5.41) is 29.8. The number of hydrogen-bond acceptors (Lipinski definition) is 7. The SMILES string of the molecule is CCCCCCNC(=O)Nc1ccc(S(=O)(=O)Nc2ccc(CCNC3c4cc(O)ccc4OC(C)(C)C3O)cc2)cc1. The van der Waals surface area contributed by atoms with Crippen molar-refractivity contribution < 1.29 is 28.2 Å². The van der Waals surface area contributed by atoms with Crippen LogP contribution in [0.4, 0.5) is 16.2 Å². The van der Waals surface area contributed by atoms with Crippen LogP contribution in [0.5, 0.6) is 11.5 Å². The Morgan fingerprint density at radius 1 is 0.930 bits per heavy atom. The summed E-state index contributed by atoms with van der Waals surface area (Å²) >= 11 is 0. The third-order valence-electron chi connectivity index (χ3n) is 7.45. The predicted molar refractivity (Wildman–Crippen MR) is 168 cm³/mol. The Balaban J connectivity index is 1.28. The number of phenolic OH excluding ortho intramolecular Hbond substituents is 1. The molecule has 2 unspecified atom stereocenters. The first-order valence-corrected chi connectivity index (χ1v) is 16.2. The molecule has 2 amide bonds. The van der Waals surface area contributed by atoms with Gasteiger partial charge in [-0.2, -0.15) is 0 Å². The number of aliphatic hydroxyl groups excluding tert-OH is 1. The van der Waals surface area contributed by atoms with E-state index in [0.717, 1.165) is 31.2 Å². The minimum absolute atomic E-state index is 0.0792. The van der Waals surface area contributed by atoms with Gasteiger partial charge in [0.2, 0.25) is 0 Å². The maximum Gasteiger partial charge on any atom is 0.319 e. The molecule has 0 spiro atoms. The molecule has 2 atom stereocenters. The number of ether oxygens (including phenoxy) is 1. The van der Waals surface area contributed by atoms with Gasteiger partial charge in [-0.05, 0) is 93.4 Å². The molecule has 0 aromatic heterocycles. The Kier molecular flexibility index (Phi) is 10.5. The molecule has 0 fully saturated rings. The Hall–Kier alpha value is -3.80. The Morgan fingerprint density at radius 2 is 1.63 bits per heavy atom. The maximum atomic E-state index is 12.9. The lowest BCUT2D eigenvalue weighted by molar-refractivity contribution is -0.0644. The number of carbonyl (C=O) groups excluding carboxylic acids is 1. The molecule has 6 N–H and O–H groups in total. The van der Waals surface area contributed by atoms with Gasteiger partial charge >= 0.3 is 6.03 Å². The van der Waals surface area contributed by atoms with Crippen molar-refractivity contribution in [2.45, 2.75) is 75.5 Å². The van der Waals surface area contributed by atoms with Crippen LogP contribution in [0.3, 0.4) is 0 Å². The summed E-state index contributed by atoms with van der Waals surface area (Å²) in [6.07, 6.45) is 4.05. The number of carbonyl (C=O) groups is 1. The lowest BCUT2D eigenvalue weighted by atomic mass is 9.86. The van der Waals surface area contributed by atoms with Gasteiger partial charge < -0.3 is 30.9 Å². The highest BCUT2D eigenvalue weighted by Crippen LogP contribution is 2.41. The molecule has 11 heteroatoms. The highest BCUT2D eigenvalue weighted by Gasteiger charge is 2.42. The van der Waals surface area contributed by atoms with Crippen LogP contribution in [0, 0.1) is 0 Å². The summed E-state index contributed by atoms with van der Waals surface area (Å²) in [6.45, 7) is 6.91. The molecule has 0 bridgehead atoms. The number of phenols is 1. The van der Waals surface area contributed by atoms with Crippen molar-refractivity contribution in [3.8, 4) is 11.5 Å². The molecule has 10 nitrogen and oxygen atoms in total. The molecule has 0 radical (unpaired) electrons. The monoisotopic (exact) mass is 610 g/mol. The minimum atomic E-state index is -3.83. The lowest BCUT2D eigenvalue weighted by Crippen LogP contribution is -2.52. The number of sulfonamides is 1. The van der Waals surface area contributed by atoms with E-state index in [1.807, 2.05) is 26.0 Å². The lowest BCUT2D eigenvalue weighted by Gasteiger charge is -2.42. The Morgan fingerprint density at radius 3 is 2.33 bits per heavy atom. The van der Waals surface area contributed by atoms with E-state index in [0.29, 0.717) is 42.2 Å². The van der Waals surface area contributed by atoms with Crippen molar-refractivity contribution in [3.05, 3.63) is 77.9 Å². The molecule has 4 rings (SSSR count). The van der Waals surface area contributed by atoms with Crippen LogP contribution in [-0.4, -0.2) is 49.5 Å². The van der Waals surface area contributed by atoms with Crippen LogP contribution in [0.25, 0.3) is 0 Å². The number of aromatic hydroxyl groups is 1. The summed E-state index contributed by atoms with van der Waals surface area (Å²) in [5.74, 6) is 0.717. The van der Waals surface area contributed by atoms with E-state index in [1.165, 1.54) is 12.1 Å². The number of benzene rings is 3. The highest BCUT2D eigenvalue weighted by molar-refractivity contribution is 7.92. The standard InChI is InChI=1S/C32H42N4O6S/c1-4-5-6-7-19-34-31(39)35-23-12-15-26(16-13-23)43(40,41)36-24-10-8-22(9-11-24)18-20-33-29-27-21-25(37)14-17-28(27)42-32(2,3)30(29)38/h8-17,21,29-30,33,36-38H,4-7,18-20H2,1-3H3,(H2,34,35,39). The molecular formula is C32H42N4O6S. The number of fused-ring (bicyclic) bond motifs is 1. The zero-order valence-electron chi connectivity index (χ0n) is 24.9. The van der Waals surface area contributed by atoms with Gasteiger partial charge in [-0.1, -0.05) is 38.3 Å². The van der Waals surface area contributed by atoms with Gasteiger partial charge in [0.1, 0.15) is 23.2 Å². The van der Waals surface area contributed by atoms with E-state index >= 15 is 0 Å². The summed E-state index contributed by atoms with van der Waals surface area (Å²) < 4.78 is 34.4. The predicted octanol–water partition coefficient (Wildman–Crippen LogP) is 5.30. The molecule has 3 aromatic rings. The third-order valence-corrected chi connectivity index (χ3v) is 8.85. The number of anilines is 2. The molecule has 1 heterocycles. The Bertz CT molecular complexity index is 1480. The second-order valence-corrected chi connectivity index (χ2v) is 13.0. The first kappa shape index (κ1) is 32.1. The number of rotatable bonds is 13. The van der Waals surface area contributed by atoms with Crippen molar-refractivity contribution in [2.24, 2.45) is 0 Å². The molecule has 43 heavy (non-hydrogen) atoms. The molecule has 232 valence electrons. The van der Waals surface area contributed by atoms with Gasteiger partial charge in [0, 0.05) is 23.5 Å². The first-order valence-electron chi connectivity index (χ1n) is 14.7. The third kappa shape index (κ3) is 8.62. The van der Waals surface area contributed by atoms with Crippen LogP contribution in [0.15, 0.2) is 71.6 Å². The molecule has 1 aliphatic heterocycles. The number of aliphatic hydroxyl groups is 1. The van der Waals surface area contributed by atoms with Crippen LogP contribution >= 0.6 is 0 Å². The van der Waals surface area contributed by atoms with E-state index in [1.54, 1.807) is 42.5 Å². The van der Waals surface area contributed by atoms with Gasteiger partial charge in [0.15, 0.2) is 0 Å². The van der Waals surface area contributed by atoms with Crippen molar-refractivity contribution >= 4 is 27.4 Å². The Labute approximate surface area is 253 Å². The van der Waals surface area contributed by atoms with Gasteiger partial charge in [-0.15, -0.1) is 0 Å². The fraction of sp³-hybridized carbons (Fsp3) is 0.406. The average molecular weight is 611 g/mol. The maximum absolute atomic E-state index is 12.9. The number of urea groups is 1. The van der Waals surface area contributed by atoms with Crippen LogP contribution in [0.2, 0.25) is 0 Å². The van der Waals surface area contributed by atoms with E-state index in [2.05, 4.69) is 27.6 Å². The molecule has 0 aliphatic carbocycles. The van der Waals surface area contributed by atoms with Gasteiger partial charge in [-0.3, -0.25) is 4.72 Å². The van der Waals surface area contributed by atoms with Crippen LogP contribution in [0.1, 0.15) is 63.6 Å². The zero-order valence-corrected chi connectivity index (χ0v) is 25.7. The van der Waals surface area contributed by atoms with Gasteiger partial charge in [0.25, 0.3) is 10.0 Å². The zero-order chi connectivity index (χ0) is 31.0. The van der Waals surface area contributed by atoms with E-state index < -0.39 is 27.8 Å². The van der Waals surface area contributed by atoms with Crippen LogP contribution < -0.4 is 25.4 Å². The summed E-state index contributed by atoms with van der Waals surface area (Å²) in [6, 6.07) is 17.2. The number of hydrogen-bond donors (Lipinski definition) is 6. The van der Waals surface area contributed by atoms with Crippen molar-refractivity contribution in [1.82, 2.24) is 10.6 Å². The second kappa shape index (κ2) is 14.1. The number of unbranched alkanes of at least 4 members (excludes halogenated alkanes) is 3. The normalized spacial score (nSPS) is 17.4. The summed E-state index contributed by atoms with van der Waals surface area (Å²) in [7, 11) is -3.83. The summed E-state index contributed by atoms with van der Waals surface area (Å²) in [5.41, 5.74) is 1.79. The first-order chi connectivity index (χ1) is 20.5. The number of amides is 2. The quantitative estimate of drug-likeness (QED) is 0.144. The topological polar surface area (TPSA) is 149 Å². The number of nitrogens with one attached hydrogen (secondary N) is 4. The van der Waals surface area contributed by atoms with E-state index in [-0.39, 0.29) is 16.7 Å². The molecular weight excluding hydrogens is 568 g/mol. The van der Waals surface area contributed by atoms with Crippen molar-refractivity contribution in [1.29, 1.82) is 0 Å². The smallest absolute Gasteiger partial charge is 0.319 e. The van der Waals surface area contributed by atoms with Gasteiger partial charge in [-0.25, -0.2) is 13.2 Å². The summed E-state index contributed by atoms with van der Waals surface area (Å²) in [4.78, 5) is 12.1. The molecule has 0 saturated carbocycles.